The molecule has 3 nitrogen and oxygen atoms in total. The number of hydrogen-bond donors (Lipinski definition) is 0. The lowest BCUT2D eigenvalue weighted by molar-refractivity contribution is 0.414. The zero-order chi connectivity index (χ0) is 11.4. The van der Waals surface area contributed by atoms with E-state index in [2.05, 4.69) is 17.0 Å². The Balaban J connectivity index is 2.05. The molecular formula is C13H16N2O. The highest BCUT2D eigenvalue weighted by Gasteiger charge is 2.18. The summed E-state index contributed by atoms with van der Waals surface area (Å²) in [5, 5.41) is 8.84. The van der Waals surface area contributed by atoms with E-state index in [-0.39, 0.29) is 5.92 Å². The summed E-state index contributed by atoms with van der Waals surface area (Å²) in [6, 6.07) is 10.4. The van der Waals surface area contributed by atoms with E-state index in [0.717, 1.165) is 31.7 Å². The number of nitriles is 1. The molecule has 0 N–H and O–H groups in total. The molecule has 1 heterocycles. The zero-order valence-corrected chi connectivity index (χ0v) is 9.52. The topological polar surface area (TPSA) is 36.3 Å². The maximum absolute atomic E-state index is 8.84. The monoisotopic (exact) mass is 216 g/mol. The molecular weight excluding hydrogens is 200 g/mol. The summed E-state index contributed by atoms with van der Waals surface area (Å²) in [6.07, 6.45) is 1.93. The van der Waals surface area contributed by atoms with Crippen LogP contribution < -0.4 is 9.64 Å². The van der Waals surface area contributed by atoms with Crippen LogP contribution in [0.5, 0.6) is 5.75 Å². The highest BCUT2D eigenvalue weighted by molar-refractivity contribution is 5.51. The van der Waals surface area contributed by atoms with Crippen LogP contribution in [0.3, 0.4) is 0 Å². The van der Waals surface area contributed by atoms with E-state index in [1.165, 1.54) is 5.69 Å². The van der Waals surface area contributed by atoms with Gasteiger partial charge in [0.05, 0.1) is 13.2 Å². The first-order valence-corrected chi connectivity index (χ1v) is 5.62. The van der Waals surface area contributed by atoms with Crippen molar-refractivity contribution < 1.29 is 4.74 Å². The number of rotatable bonds is 2. The smallest absolute Gasteiger partial charge is 0.120 e. The average Bonchev–Trinajstić information content (AvgIpc) is 2.39. The minimum Gasteiger partial charge on any atom is -0.497 e. The van der Waals surface area contributed by atoms with Crippen LogP contribution in [0.2, 0.25) is 0 Å². The molecule has 0 saturated carbocycles. The molecule has 0 radical (unpaired) electrons. The molecule has 0 bridgehead atoms. The van der Waals surface area contributed by atoms with Crippen molar-refractivity contribution >= 4 is 5.69 Å². The Morgan fingerprint density at radius 3 is 2.75 bits per heavy atom. The molecule has 3 heteroatoms. The Hall–Kier alpha value is -1.69. The fourth-order valence-corrected chi connectivity index (χ4v) is 2.07. The van der Waals surface area contributed by atoms with E-state index in [1.807, 2.05) is 18.2 Å². The predicted molar refractivity (Wildman–Crippen MR) is 63.5 cm³/mol. The third-order valence-corrected chi connectivity index (χ3v) is 3.10. The molecule has 1 saturated heterocycles. The summed E-state index contributed by atoms with van der Waals surface area (Å²) < 4.78 is 5.21. The van der Waals surface area contributed by atoms with Crippen LogP contribution in [-0.4, -0.2) is 20.2 Å². The quantitative estimate of drug-likeness (QED) is 0.761. The van der Waals surface area contributed by atoms with Crippen molar-refractivity contribution in [1.29, 1.82) is 5.26 Å². The van der Waals surface area contributed by atoms with Gasteiger partial charge in [0, 0.05) is 30.8 Å². The molecule has 1 aromatic rings. The first-order chi connectivity index (χ1) is 7.83. The fourth-order valence-electron chi connectivity index (χ4n) is 2.07. The predicted octanol–water partition coefficient (Wildman–Crippen LogP) is 2.44. The molecule has 0 aromatic heterocycles. The number of nitrogens with zero attached hydrogens (tertiary/aromatic N) is 2. The highest BCUT2D eigenvalue weighted by Crippen LogP contribution is 2.25. The number of anilines is 1. The van der Waals surface area contributed by atoms with Crippen LogP contribution in [0.4, 0.5) is 5.69 Å². The van der Waals surface area contributed by atoms with Crippen LogP contribution in [0, 0.1) is 17.2 Å². The summed E-state index contributed by atoms with van der Waals surface area (Å²) in [5.41, 5.74) is 1.19. The molecule has 16 heavy (non-hydrogen) atoms. The maximum atomic E-state index is 8.84. The molecule has 0 spiro atoms. The van der Waals surface area contributed by atoms with Crippen LogP contribution in [0.15, 0.2) is 24.3 Å². The Bertz CT molecular complexity index is 389. The van der Waals surface area contributed by atoms with Crippen molar-refractivity contribution in [2.45, 2.75) is 12.8 Å². The van der Waals surface area contributed by atoms with Gasteiger partial charge in [-0.05, 0) is 25.0 Å². The number of piperidine rings is 1. The fraction of sp³-hybridized carbons (Fsp3) is 0.462. The lowest BCUT2D eigenvalue weighted by atomic mass is 9.98. The second kappa shape index (κ2) is 4.89. The van der Waals surface area contributed by atoms with Gasteiger partial charge in [-0.3, -0.25) is 0 Å². The summed E-state index contributed by atoms with van der Waals surface area (Å²) in [6.45, 7) is 1.93. The minimum atomic E-state index is 0.238. The van der Waals surface area contributed by atoms with E-state index < -0.39 is 0 Å². The SMILES string of the molecule is COc1cccc(N2CCC(C#N)CC2)c1. The van der Waals surface area contributed by atoms with Gasteiger partial charge in [-0.15, -0.1) is 0 Å². The Labute approximate surface area is 96.2 Å². The van der Waals surface area contributed by atoms with Gasteiger partial charge in [0.2, 0.25) is 0 Å². The second-order valence-corrected chi connectivity index (χ2v) is 4.09. The van der Waals surface area contributed by atoms with Crippen molar-refractivity contribution in [2.75, 3.05) is 25.1 Å². The van der Waals surface area contributed by atoms with Gasteiger partial charge in [0.15, 0.2) is 0 Å². The van der Waals surface area contributed by atoms with Gasteiger partial charge < -0.3 is 9.64 Å². The highest BCUT2D eigenvalue weighted by atomic mass is 16.5. The molecule has 84 valence electrons. The molecule has 0 unspecified atom stereocenters. The second-order valence-electron chi connectivity index (χ2n) is 4.09. The lowest BCUT2D eigenvalue weighted by Crippen LogP contribution is -2.33. The van der Waals surface area contributed by atoms with Crippen molar-refractivity contribution in [2.24, 2.45) is 5.92 Å². The number of hydrogen-bond acceptors (Lipinski definition) is 3. The minimum absolute atomic E-state index is 0.238. The summed E-state index contributed by atoms with van der Waals surface area (Å²) in [4.78, 5) is 2.32. The zero-order valence-electron chi connectivity index (χ0n) is 9.52. The molecule has 1 aromatic carbocycles. The van der Waals surface area contributed by atoms with Gasteiger partial charge >= 0.3 is 0 Å². The van der Waals surface area contributed by atoms with E-state index in [1.54, 1.807) is 7.11 Å². The standard InChI is InChI=1S/C13H16N2O/c1-16-13-4-2-3-12(9-13)15-7-5-11(10-14)6-8-15/h2-4,9,11H,5-8H2,1H3. The summed E-state index contributed by atoms with van der Waals surface area (Å²) >= 11 is 0. The molecule has 0 amide bonds. The third kappa shape index (κ3) is 2.27. The molecule has 0 atom stereocenters. The molecule has 1 fully saturated rings. The summed E-state index contributed by atoms with van der Waals surface area (Å²) in [7, 11) is 1.68. The van der Waals surface area contributed by atoms with Crippen LogP contribution >= 0.6 is 0 Å². The van der Waals surface area contributed by atoms with Crippen molar-refractivity contribution in [1.82, 2.24) is 0 Å². The first-order valence-electron chi connectivity index (χ1n) is 5.62. The van der Waals surface area contributed by atoms with Crippen LogP contribution in [0.25, 0.3) is 0 Å². The lowest BCUT2D eigenvalue weighted by Gasteiger charge is -2.31. The molecule has 1 aliphatic heterocycles. The number of methoxy groups -OCH3 is 1. The van der Waals surface area contributed by atoms with Crippen molar-refractivity contribution in [3.05, 3.63) is 24.3 Å². The number of benzene rings is 1. The van der Waals surface area contributed by atoms with Gasteiger partial charge in [-0.25, -0.2) is 0 Å². The van der Waals surface area contributed by atoms with Gasteiger partial charge in [-0.2, -0.15) is 5.26 Å². The van der Waals surface area contributed by atoms with E-state index in [9.17, 15) is 0 Å². The first kappa shape index (κ1) is 10.8. The van der Waals surface area contributed by atoms with Crippen LogP contribution in [-0.2, 0) is 0 Å². The Kier molecular flexibility index (Phi) is 3.31. The maximum Gasteiger partial charge on any atom is 0.120 e. The van der Waals surface area contributed by atoms with Gasteiger partial charge in [0.1, 0.15) is 5.75 Å². The molecule has 2 rings (SSSR count). The molecule has 0 aliphatic carbocycles. The largest absolute Gasteiger partial charge is 0.497 e. The normalized spacial score (nSPS) is 16.9. The van der Waals surface area contributed by atoms with Crippen molar-refractivity contribution in [3.63, 3.8) is 0 Å². The Morgan fingerprint density at radius 1 is 1.38 bits per heavy atom. The Morgan fingerprint density at radius 2 is 2.12 bits per heavy atom. The van der Waals surface area contributed by atoms with Gasteiger partial charge in [-0.1, -0.05) is 6.07 Å². The van der Waals surface area contributed by atoms with Crippen LogP contribution in [0.1, 0.15) is 12.8 Å². The van der Waals surface area contributed by atoms with Gasteiger partial charge in [0.25, 0.3) is 0 Å². The van der Waals surface area contributed by atoms with E-state index in [4.69, 9.17) is 10.00 Å². The molecule has 1 aliphatic rings. The average molecular weight is 216 g/mol. The summed E-state index contributed by atoms with van der Waals surface area (Å²) in [5.74, 6) is 1.13. The third-order valence-electron chi connectivity index (χ3n) is 3.10. The van der Waals surface area contributed by atoms with E-state index >= 15 is 0 Å². The van der Waals surface area contributed by atoms with E-state index in [0.29, 0.717) is 0 Å². The number of ether oxygens (including phenoxy) is 1. The van der Waals surface area contributed by atoms with Crippen molar-refractivity contribution in [3.8, 4) is 11.8 Å².